The maximum absolute atomic E-state index is 14.0. The molecule has 0 fully saturated rings. The Hall–Kier alpha value is -1.91. The standard InChI is InChI=1S/C17H20FNO2/c1-2-8-19-11-13-6-7-17(16(18)10-13)21-15-5-3-4-14(9-15)12-20/h3-7,9-10,19-20H,2,8,11-12H2,1H3. The van der Waals surface area contributed by atoms with Gasteiger partial charge < -0.3 is 15.2 Å². The number of benzene rings is 2. The molecule has 0 aliphatic carbocycles. The first-order chi connectivity index (χ1) is 10.2. The highest BCUT2D eigenvalue weighted by Crippen LogP contribution is 2.25. The van der Waals surface area contributed by atoms with E-state index in [1.165, 1.54) is 6.07 Å². The van der Waals surface area contributed by atoms with E-state index in [-0.39, 0.29) is 18.2 Å². The van der Waals surface area contributed by atoms with Gasteiger partial charge in [-0.3, -0.25) is 0 Å². The number of hydrogen-bond acceptors (Lipinski definition) is 3. The summed E-state index contributed by atoms with van der Waals surface area (Å²) in [6, 6.07) is 11.9. The van der Waals surface area contributed by atoms with Crippen molar-refractivity contribution in [3.8, 4) is 11.5 Å². The van der Waals surface area contributed by atoms with E-state index in [1.54, 1.807) is 30.3 Å². The van der Waals surface area contributed by atoms with Crippen LogP contribution in [0.15, 0.2) is 42.5 Å². The molecule has 0 aromatic heterocycles. The summed E-state index contributed by atoms with van der Waals surface area (Å²) in [7, 11) is 0. The first-order valence-electron chi connectivity index (χ1n) is 7.09. The summed E-state index contributed by atoms with van der Waals surface area (Å²) in [6.45, 7) is 3.57. The molecule has 0 aliphatic heterocycles. The zero-order chi connectivity index (χ0) is 15.1. The Balaban J connectivity index is 2.06. The monoisotopic (exact) mass is 289 g/mol. The summed E-state index contributed by atoms with van der Waals surface area (Å²) in [5, 5.41) is 12.3. The third-order valence-electron chi connectivity index (χ3n) is 3.06. The Bertz CT molecular complexity index is 587. The maximum atomic E-state index is 14.0. The first kappa shape index (κ1) is 15.5. The number of hydrogen-bond donors (Lipinski definition) is 2. The average molecular weight is 289 g/mol. The lowest BCUT2D eigenvalue weighted by molar-refractivity contribution is 0.281. The Morgan fingerprint density at radius 1 is 1.14 bits per heavy atom. The highest BCUT2D eigenvalue weighted by atomic mass is 19.1. The molecular weight excluding hydrogens is 269 g/mol. The Morgan fingerprint density at radius 3 is 2.71 bits per heavy atom. The van der Waals surface area contributed by atoms with Crippen LogP contribution in [0, 0.1) is 5.82 Å². The topological polar surface area (TPSA) is 41.5 Å². The van der Waals surface area contributed by atoms with Crippen molar-refractivity contribution in [1.82, 2.24) is 5.32 Å². The van der Waals surface area contributed by atoms with Crippen molar-refractivity contribution >= 4 is 0 Å². The SMILES string of the molecule is CCCNCc1ccc(Oc2cccc(CO)c2)c(F)c1. The van der Waals surface area contributed by atoms with E-state index in [1.807, 2.05) is 6.07 Å². The molecule has 21 heavy (non-hydrogen) atoms. The lowest BCUT2D eigenvalue weighted by atomic mass is 10.2. The van der Waals surface area contributed by atoms with Crippen LogP contribution in [0.5, 0.6) is 11.5 Å². The summed E-state index contributed by atoms with van der Waals surface area (Å²) in [6.07, 6.45) is 1.05. The van der Waals surface area contributed by atoms with Crippen LogP contribution < -0.4 is 10.1 Å². The predicted octanol–water partition coefficient (Wildman–Crippen LogP) is 3.61. The minimum Gasteiger partial charge on any atom is -0.454 e. The van der Waals surface area contributed by atoms with Gasteiger partial charge in [0.25, 0.3) is 0 Å². The van der Waals surface area contributed by atoms with Crippen LogP contribution in [-0.4, -0.2) is 11.7 Å². The summed E-state index contributed by atoms with van der Waals surface area (Å²) in [5.74, 6) is 0.307. The van der Waals surface area contributed by atoms with Gasteiger partial charge in [-0.1, -0.05) is 25.1 Å². The molecule has 0 radical (unpaired) electrons. The zero-order valence-corrected chi connectivity index (χ0v) is 12.1. The molecular formula is C17H20FNO2. The van der Waals surface area contributed by atoms with E-state index in [9.17, 15) is 4.39 Å². The number of ether oxygens (including phenoxy) is 1. The quantitative estimate of drug-likeness (QED) is 0.765. The summed E-state index contributed by atoms with van der Waals surface area (Å²) in [4.78, 5) is 0. The molecule has 0 saturated carbocycles. The van der Waals surface area contributed by atoms with Gasteiger partial charge in [-0.2, -0.15) is 0 Å². The highest BCUT2D eigenvalue weighted by molar-refractivity contribution is 5.36. The third kappa shape index (κ3) is 4.55. The average Bonchev–Trinajstić information content (AvgIpc) is 2.50. The van der Waals surface area contributed by atoms with E-state index in [2.05, 4.69) is 12.2 Å². The molecule has 0 bridgehead atoms. The second-order valence-corrected chi connectivity index (χ2v) is 4.85. The number of rotatable bonds is 7. The molecule has 0 unspecified atom stereocenters. The smallest absolute Gasteiger partial charge is 0.166 e. The maximum Gasteiger partial charge on any atom is 0.166 e. The molecule has 0 spiro atoms. The lowest BCUT2D eigenvalue weighted by Crippen LogP contribution is -2.13. The lowest BCUT2D eigenvalue weighted by Gasteiger charge is -2.09. The fraction of sp³-hybridized carbons (Fsp3) is 0.294. The number of aliphatic hydroxyl groups excluding tert-OH is 1. The number of aliphatic hydroxyl groups is 1. The zero-order valence-electron chi connectivity index (χ0n) is 12.1. The van der Waals surface area contributed by atoms with E-state index < -0.39 is 0 Å². The highest BCUT2D eigenvalue weighted by Gasteiger charge is 2.06. The molecule has 0 amide bonds. The number of nitrogens with one attached hydrogen (secondary N) is 1. The fourth-order valence-corrected chi connectivity index (χ4v) is 1.98. The van der Waals surface area contributed by atoms with Crippen molar-refractivity contribution < 1.29 is 14.2 Å². The Morgan fingerprint density at radius 2 is 2.00 bits per heavy atom. The third-order valence-corrected chi connectivity index (χ3v) is 3.06. The normalized spacial score (nSPS) is 10.6. The van der Waals surface area contributed by atoms with E-state index in [4.69, 9.17) is 9.84 Å². The van der Waals surface area contributed by atoms with Crippen molar-refractivity contribution in [3.05, 3.63) is 59.4 Å². The number of halogens is 1. The second kappa shape index (κ2) is 7.76. The van der Waals surface area contributed by atoms with Crippen LogP contribution in [-0.2, 0) is 13.2 Å². The molecule has 2 aromatic rings. The minimum atomic E-state index is -0.389. The van der Waals surface area contributed by atoms with Crippen molar-refractivity contribution in [3.63, 3.8) is 0 Å². The molecule has 112 valence electrons. The van der Waals surface area contributed by atoms with Gasteiger partial charge >= 0.3 is 0 Å². The van der Waals surface area contributed by atoms with Crippen LogP contribution in [0.3, 0.4) is 0 Å². The molecule has 4 heteroatoms. The van der Waals surface area contributed by atoms with Gasteiger partial charge in [0.15, 0.2) is 11.6 Å². The van der Waals surface area contributed by atoms with Crippen LogP contribution in [0.1, 0.15) is 24.5 Å². The molecule has 3 nitrogen and oxygen atoms in total. The summed E-state index contributed by atoms with van der Waals surface area (Å²) < 4.78 is 19.6. The van der Waals surface area contributed by atoms with Crippen LogP contribution in [0.2, 0.25) is 0 Å². The molecule has 2 rings (SSSR count). The second-order valence-electron chi connectivity index (χ2n) is 4.85. The van der Waals surface area contributed by atoms with Crippen LogP contribution in [0.4, 0.5) is 4.39 Å². The molecule has 0 atom stereocenters. The fourth-order valence-electron chi connectivity index (χ4n) is 1.98. The van der Waals surface area contributed by atoms with E-state index >= 15 is 0 Å². The van der Waals surface area contributed by atoms with Gasteiger partial charge in [0, 0.05) is 6.54 Å². The molecule has 2 aromatic carbocycles. The van der Waals surface area contributed by atoms with E-state index in [0.717, 1.165) is 24.1 Å². The van der Waals surface area contributed by atoms with Crippen LogP contribution in [0.25, 0.3) is 0 Å². The summed E-state index contributed by atoms with van der Waals surface area (Å²) in [5.41, 5.74) is 1.62. The van der Waals surface area contributed by atoms with E-state index in [0.29, 0.717) is 12.3 Å². The molecule has 0 heterocycles. The van der Waals surface area contributed by atoms with Gasteiger partial charge in [-0.25, -0.2) is 4.39 Å². The van der Waals surface area contributed by atoms with Gasteiger partial charge in [0.2, 0.25) is 0 Å². The van der Waals surface area contributed by atoms with Crippen molar-refractivity contribution in [2.75, 3.05) is 6.54 Å². The minimum absolute atomic E-state index is 0.0677. The van der Waals surface area contributed by atoms with Gasteiger partial charge in [-0.15, -0.1) is 0 Å². The summed E-state index contributed by atoms with van der Waals surface area (Å²) >= 11 is 0. The molecule has 2 N–H and O–H groups in total. The van der Waals surface area contributed by atoms with Crippen molar-refractivity contribution in [2.24, 2.45) is 0 Å². The van der Waals surface area contributed by atoms with Crippen LogP contribution >= 0.6 is 0 Å². The molecule has 0 aliphatic rings. The van der Waals surface area contributed by atoms with Gasteiger partial charge in [0.05, 0.1) is 6.61 Å². The first-order valence-corrected chi connectivity index (χ1v) is 7.09. The van der Waals surface area contributed by atoms with Gasteiger partial charge in [0.1, 0.15) is 5.75 Å². The molecule has 0 saturated heterocycles. The predicted molar refractivity (Wildman–Crippen MR) is 80.8 cm³/mol. The van der Waals surface area contributed by atoms with Gasteiger partial charge in [-0.05, 0) is 48.4 Å². The Kier molecular flexibility index (Phi) is 5.72. The Labute approximate surface area is 124 Å². The largest absolute Gasteiger partial charge is 0.454 e. The van der Waals surface area contributed by atoms with Crippen molar-refractivity contribution in [1.29, 1.82) is 0 Å². The van der Waals surface area contributed by atoms with Crippen molar-refractivity contribution in [2.45, 2.75) is 26.5 Å².